The van der Waals surface area contributed by atoms with Crippen LogP contribution in [0.1, 0.15) is 27.2 Å². The predicted octanol–water partition coefficient (Wildman–Crippen LogP) is 3.27. The Morgan fingerprint density at radius 3 is 2.89 bits per heavy atom. The Kier molecular flexibility index (Phi) is 5.67. The van der Waals surface area contributed by atoms with Gasteiger partial charge in [-0.2, -0.15) is 0 Å². The van der Waals surface area contributed by atoms with Crippen molar-refractivity contribution < 1.29 is 19.1 Å². The minimum absolute atomic E-state index is 0.0544. The third-order valence-corrected chi connectivity index (χ3v) is 5.71. The van der Waals surface area contributed by atoms with Gasteiger partial charge in [-0.15, -0.1) is 5.10 Å². The van der Waals surface area contributed by atoms with Crippen LogP contribution in [0.15, 0.2) is 57.9 Å². The first-order chi connectivity index (χ1) is 16.9. The highest BCUT2D eigenvalue weighted by atomic mass is 35.5. The van der Waals surface area contributed by atoms with Crippen LogP contribution in [-0.4, -0.2) is 31.1 Å². The summed E-state index contributed by atoms with van der Waals surface area (Å²) in [5, 5.41) is 18.3. The summed E-state index contributed by atoms with van der Waals surface area (Å²) in [5.41, 5.74) is 8.08. The van der Waals surface area contributed by atoms with Crippen molar-refractivity contribution in [3.8, 4) is 17.1 Å². The zero-order valence-corrected chi connectivity index (χ0v) is 19.1. The van der Waals surface area contributed by atoms with E-state index in [2.05, 4.69) is 15.3 Å². The number of aromatic nitrogens is 4. The summed E-state index contributed by atoms with van der Waals surface area (Å²) in [5.74, 6) is -0.802. The molecule has 0 radical (unpaired) electrons. The smallest absolute Gasteiger partial charge is 0.343 e. The Labute approximate surface area is 202 Å². The van der Waals surface area contributed by atoms with E-state index in [1.807, 2.05) is 13.0 Å². The highest BCUT2D eigenvalue weighted by Gasteiger charge is 2.26. The first kappa shape index (κ1) is 22.5. The summed E-state index contributed by atoms with van der Waals surface area (Å²) in [7, 11) is 0. The number of rotatable bonds is 5. The molecule has 10 nitrogen and oxygen atoms in total. The Hall–Kier alpha value is -4.28. The molecule has 0 saturated heterocycles. The van der Waals surface area contributed by atoms with Crippen LogP contribution in [0.4, 0.5) is 5.69 Å². The molecule has 5 rings (SSSR count). The molecule has 2 heterocycles. The minimum atomic E-state index is -0.873. The standard InChI is InChI=1S/C24H18ClN5O5/c1-12-5-6-14(25)7-16(12)30-9-15(28-29-30)11-34-24(33)20-21(26)17(32)8-19-23(20)27-22-13(10-31)3-2-4-18(22)35-19/h2-9,31H,10-11,26H2,1H3. The Bertz CT molecular complexity index is 1630. The van der Waals surface area contributed by atoms with Crippen molar-refractivity contribution in [2.45, 2.75) is 20.1 Å². The molecule has 0 unspecified atom stereocenters. The first-order valence-corrected chi connectivity index (χ1v) is 10.8. The molecule has 0 bridgehead atoms. The van der Waals surface area contributed by atoms with Crippen LogP contribution in [0.5, 0.6) is 0 Å². The summed E-state index contributed by atoms with van der Waals surface area (Å²) in [6.07, 6.45) is 1.60. The van der Waals surface area contributed by atoms with Gasteiger partial charge in [-0.25, -0.2) is 14.5 Å². The Morgan fingerprint density at radius 2 is 2.09 bits per heavy atom. The zero-order chi connectivity index (χ0) is 24.7. The second-order valence-electron chi connectivity index (χ2n) is 7.81. The van der Waals surface area contributed by atoms with Crippen molar-refractivity contribution >= 4 is 34.4 Å². The van der Waals surface area contributed by atoms with Gasteiger partial charge in [0.15, 0.2) is 11.3 Å². The maximum atomic E-state index is 13.0. The van der Waals surface area contributed by atoms with Gasteiger partial charge in [-0.1, -0.05) is 35.0 Å². The third-order valence-electron chi connectivity index (χ3n) is 5.48. The summed E-state index contributed by atoms with van der Waals surface area (Å²) < 4.78 is 12.7. The fraction of sp³-hybridized carbons (Fsp3) is 0.125. The predicted molar refractivity (Wildman–Crippen MR) is 127 cm³/mol. The van der Waals surface area contributed by atoms with Gasteiger partial charge >= 0.3 is 5.97 Å². The number of anilines is 1. The van der Waals surface area contributed by atoms with Crippen LogP contribution in [0.3, 0.4) is 0 Å². The highest BCUT2D eigenvalue weighted by Crippen LogP contribution is 2.31. The third kappa shape index (κ3) is 4.09. The van der Waals surface area contributed by atoms with Crippen LogP contribution in [0.2, 0.25) is 5.02 Å². The van der Waals surface area contributed by atoms with Crippen molar-refractivity contribution in [3.05, 3.63) is 86.3 Å². The zero-order valence-electron chi connectivity index (χ0n) is 18.4. The largest absolute Gasteiger partial charge is 0.455 e. The number of aryl methyl sites for hydroxylation is 1. The van der Waals surface area contributed by atoms with E-state index >= 15 is 0 Å². The quantitative estimate of drug-likeness (QED) is 0.215. The van der Waals surface area contributed by atoms with E-state index in [0.29, 0.717) is 27.4 Å². The minimum Gasteiger partial charge on any atom is -0.455 e. The lowest BCUT2D eigenvalue weighted by atomic mass is 10.1. The monoisotopic (exact) mass is 491 g/mol. The number of nitrogens with zero attached hydrogens (tertiary/aromatic N) is 4. The lowest BCUT2D eigenvalue weighted by Crippen LogP contribution is -2.19. The van der Waals surface area contributed by atoms with Crippen LogP contribution in [0, 0.1) is 6.92 Å². The average Bonchev–Trinajstić information content (AvgIpc) is 3.32. The summed E-state index contributed by atoms with van der Waals surface area (Å²) >= 11 is 6.08. The number of ether oxygens (including phenoxy) is 1. The Balaban J connectivity index is 1.48. The van der Waals surface area contributed by atoms with Crippen molar-refractivity contribution in [2.75, 3.05) is 5.73 Å². The number of benzene rings is 3. The van der Waals surface area contributed by atoms with E-state index in [-0.39, 0.29) is 35.9 Å². The van der Waals surface area contributed by atoms with E-state index in [1.165, 1.54) is 10.7 Å². The van der Waals surface area contributed by atoms with E-state index in [1.54, 1.807) is 36.5 Å². The molecule has 2 aliphatic rings. The van der Waals surface area contributed by atoms with Crippen LogP contribution in [-0.2, 0) is 18.0 Å². The summed E-state index contributed by atoms with van der Waals surface area (Å²) in [6.45, 7) is 1.39. The molecule has 1 aliphatic carbocycles. The molecule has 0 fully saturated rings. The van der Waals surface area contributed by atoms with E-state index in [9.17, 15) is 14.7 Å². The number of carbonyl (C=O) groups is 1. The molecule has 0 spiro atoms. The van der Waals surface area contributed by atoms with E-state index in [0.717, 1.165) is 11.3 Å². The second kappa shape index (κ2) is 8.82. The molecule has 1 aromatic heterocycles. The molecule has 2 aromatic carbocycles. The van der Waals surface area contributed by atoms with Gasteiger partial charge in [0.05, 0.1) is 24.2 Å². The molecule has 1 aliphatic heterocycles. The second-order valence-corrected chi connectivity index (χ2v) is 8.24. The summed E-state index contributed by atoms with van der Waals surface area (Å²) in [6, 6.07) is 11.5. The SMILES string of the molecule is Cc1ccc(Cl)cc1-n1cc(COC(=O)c2c3nc4c(CO)cccc4oc-3cc(=O)c2N)nn1. The van der Waals surface area contributed by atoms with Crippen molar-refractivity contribution in [1.82, 2.24) is 20.0 Å². The molecule has 176 valence electrons. The number of nitrogens with two attached hydrogens (primary N) is 1. The van der Waals surface area contributed by atoms with Crippen LogP contribution < -0.4 is 11.2 Å². The van der Waals surface area contributed by atoms with E-state index in [4.69, 9.17) is 26.5 Å². The molecule has 0 saturated carbocycles. The topological polar surface area (TPSA) is 146 Å². The first-order valence-electron chi connectivity index (χ1n) is 10.5. The van der Waals surface area contributed by atoms with Crippen LogP contribution >= 0.6 is 11.6 Å². The fourth-order valence-electron chi connectivity index (χ4n) is 3.69. The average molecular weight is 492 g/mol. The highest BCUT2D eigenvalue weighted by molar-refractivity contribution is 6.30. The number of aliphatic hydroxyl groups is 1. The molecule has 0 amide bonds. The Morgan fingerprint density at radius 1 is 1.26 bits per heavy atom. The normalized spacial score (nSPS) is 11.3. The van der Waals surface area contributed by atoms with Crippen molar-refractivity contribution in [2.24, 2.45) is 0 Å². The lowest BCUT2D eigenvalue weighted by molar-refractivity contribution is 0.0469. The van der Waals surface area contributed by atoms with Gasteiger partial charge in [-0.3, -0.25) is 4.79 Å². The number of nitrogen functional groups attached to an aromatic ring is 1. The van der Waals surface area contributed by atoms with Crippen molar-refractivity contribution in [1.29, 1.82) is 0 Å². The summed E-state index contributed by atoms with van der Waals surface area (Å²) in [4.78, 5) is 29.9. The molecule has 0 atom stereocenters. The number of hydrogen-bond donors (Lipinski definition) is 2. The number of esters is 1. The molecule has 11 heteroatoms. The van der Waals surface area contributed by atoms with Gasteiger partial charge < -0.3 is 20.0 Å². The molecular formula is C24H18ClN5O5. The number of carbonyl (C=O) groups excluding carboxylic acids is 1. The fourth-order valence-corrected chi connectivity index (χ4v) is 3.86. The molecule has 35 heavy (non-hydrogen) atoms. The lowest BCUT2D eigenvalue weighted by Gasteiger charge is -2.13. The van der Waals surface area contributed by atoms with Gasteiger partial charge in [-0.05, 0) is 30.7 Å². The van der Waals surface area contributed by atoms with E-state index < -0.39 is 11.4 Å². The van der Waals surface area contributed by atoms with Crippen molar-refractivity contribution in [3.63, 3.8) is 0 Å². The maximum absolute atomic E-state index is 13.0. The molecule has 3 N–H and O–H groups in total. The van der Waals surface area contributed by atoms with Gasteiger partial charge in [0.25, 0.3) is 0 Å². The number of fused-ring (bicyclic) bond motifs is 2. The molecular weight excluding hydrogens is 474 g/mol. The van der Waals surface area contributed by atoms with Gasteiger partial charge in [0, 0.05) is 16.7 Å². The maximum Gasteiger partial charge on any atom is 0.343 e. The number of hydrogen-bond acceptors (Lipinski definition) is 9. The van der Waals surface area contributed by atoms with Gasteiger partial charge in [0.1, 0.15) is 29.1 Å². The number of aliphatic hydroxyl groups excluding tert-OH is 1. The van der Waals surface area contributed by atoms with Crippen LogP contribution in [0.25, 0.3) is 28.2 Å². The number of halogens is 1. The van der Waals surface area contributed by atoms with Gasteiger partial charge in [0.2, 0.25) is 5.43 Å². The number of para-hydroxylation sites is 1. The molecule has 3 aromatic rings.